The lowest BCUT2D eigenvalue weighted by Gasteiger charge is -2.08. The summed E-state index contributed by atoms with van der Waals surface area (Å²) in [6.45, 7) is 2.47. The van der Waals surface area contributed by atoms with E-state index in [1.165, 1.54) is 0 Å². The van der Waals surface area contributed by atoms with Crippen LogP contribution in [0.1, 0.15) is 17.3 Å². The van der Waals surface area contributed by atoms with Crippen molar-refractivity contribution in [2.45, 2.75) is 6.92 Å². The predicted octanol–water partition coefficient (Wildman–Crippen LogP) is 2.82. The van der Waals surface area contributed by atoms with Crippen LogP contribution in [-0.2, 0) is 0 Å². The Labute approximate surface area is 122 Å². The lowest BCUT2D eigenvalue weighted by molar-refractivity contribution is 0.101. The zero-order valence-corrected chi connectivity index (χ0v) is 11.6. The van der Waals surface area contributed by atoms with Crippen molar-refractivity contribution in [3.63, 3.8) is 0 Å². The van der Waals surface area contributed by atoms with Gasteiger partial charge in [0.15, 0.2) is 0 Å². The maximum atomic E-state index is 12.3. The van der Waals surface area contributed by atoms with Crippen LogP contribution in [-0.4, -0.2) is 22.2 Å². The summed E-state index contributed by atoms with van der Waals surface area (Å²) in [7, 11) is 0. The molecule has 0 saturated carbocycles. The van der Waals surface area contributed by atoms with Crippen LogP contribution in [0, 0.1) is 0 Å². The van der Waals surface area contributed by atoms with Crippen molar-refractivity contribution in [1.29, 1.82) is 0 Å². The normalized spacial score (nSPS) is 10.5. The van der Waals surface area contributed by atoms with Crippen LogP contribution >= 0.6 is 0 Å². The van der Waals surface area contributed by atoms with Gasteiger partial charge in [-0.15, -0.1) is 0 Å². The lowest BCUT2D eigenvalue weighted by atomic mass is 10.2. The molecule has 0 saturated heterocycles. The number of nitrogens with one attached hydrogen (secondary N) is 1. The average molecular weight is 281 g/mol. The molecule has 0 bridgehead atoms. The number of carbonyl (C=O) groups is 1. The molecule has 3 rings (SSSR count). The number of benzene rings is 2. The molecule has 3 aromatic rings. The molecule has 5 nitrogen and oxygen atoms in total. The van der Waals surface area contributed by atoms with E-state index < -0.39 is 0 Å². The second kappa shape index (κ2) is 5.66. The Kier molecular flexibility index (Phi) is 3.55. The van der Waals surface area contributed by atoms with Crippen LogP contribution in [0.5, 0.6) is 5.75 Å². The van der Waals surface area contributed by atoms with Gasteiger partial charge in [0.1, 0.15) is 12.1 Å². The van der Waals surface area contributed by atoms with Crippen molar-refractivity contribution >= 4 is 16.9 Å². The molecule has 106 valence electrons. The molecule has 0 aliphatic rings. The van der Waals surface area contributed by atoms with Gasteiger partial charge in [-0.05, 0) is 37.3 Å². The van der Waals surface area contributed by atoms with Crippen LogP contribution in [0.2, 0.25) is 0 Å². The summed E-state index contributed by atoms with van der Waals surface area (Å²) in [6, 6.07) is 14.7. The maximum Gasteiger partial charge on any atom is 0.270 e. The van der Waals surface area contributed by atoms with Crippen LogP contribution in [0.15, 0.2) is 54.9 Å². The molecular formula is C16H15N3O2. The zero-order valence-electron chi connectivity index (χ0n) is 11.6. The number of hydrogen-bond donors (Lipinski definition) is 1. The highest BCUT2D eigenvalue weighted by molar-refractivity contribution is 6.01. The molecule has 0 aliphatic carbocycles. The van der Waals surface area contributed by atoms with Crippen molar-refractivity contribution in [2.75, 3.05) is 12.0 Å². The SMILES string of the molecule is CCOc1cccc(C(=O)Nn2cnc3ccccc32)c1. The summed E-state index contributed by atoms with van der Waals surface area (Å²) in [5.41, 5.74) is 5.04. The van der Waals surface area contributed by atoms with Gasteiger partial charge in [-0.2, -0.15) is 0 Å². The van der Waals surface area contributed by atoms with Gasteiger partial charge in [-0.25, -0.2) is 9.66 Å². The van der Waals surface area contributed by atoms with Crippen molar-refractivity contribution in [3.05, 3.63) is 60.4 Å². The van der Waals surface area contributed by atoms with Gasteiger partial charge in [0.2, 0.25) is 0 Å². The number of para-hydroxylation sites is 2. The Balaban J connectivity index is 1.84. The van der Waals surface area contributed by atoms with E-state index in [-0.39, 0.29) is 5.91 Å². The fraction of sp³-hybridized carbons (Fsp3) is 0.125. The largest absolute Gasteiger partial charge is 0.494 e. The first-order chi connectivity index (χ1) is 10.3. The van der Waals surface area contributed by atoms with Gasteiger partial charge in [-0.1, -0.05) is 18.2 Å². The molecule has 0 spiro atoms. The maximum absolute atomic E-state index is 12.3. The molecule has 1 heterocycles. The van der Waals surface area contributed by atoms with Gasteiger partial charge in [-0.3, -0.25) is 10.2 Å². The molecule has 0 aliphatic heterocycles. The highest BCUT2D eigenvalue weighted by Crippen LogP contribution is 2.14. The molecule has 21 heavy (non-hydrogen) atoms. The number of fused-ring (bicyclic) bond motifs is 1. The minimum atomic E-state index is -0.209. The lowest BCUT2D eigenvalue weighted by Crippen LogP contribution is -2.22. The molecule has 1 aromatic heterocycles. The number of ether oxygens (including phenoxy) is 1. The van der Waals surface area contributed by atoms with Gasteiger partial charge in [0.25, 0.3) is 5.91 Å². The van der Waals surface area contributed by atoms with E-state index in [4.69, 9.17) is 4.74 Å². The Morgan fingerprint density at radius 2 is 2.10 bits per heavy atom. The number of carbonyl (C=O) groups excluding carboxylic acids is 1. The first-order valence-electron chi connectivity index (χ1n) is 6.74. The van der Waals surface area contributed by atoms with E-state index in [0.717, 1.165) is 11.0 Å². The highest BCUT2D eigenvalue weighted by atomic mass is 16.5. The predicted molar refractivity (Wildman–Crippen MR) is 81.0 cm³/mol. The standard InChI is InChI=1S/C16H15N3O2/c1-2-21-13-7-5-6-12(10-13)16(20)18-19-11-17-14-8-3-4-9-15(14)19/h3-11H,2H2,1H3,(H,18,20). The van der Waals surface area contributed by atoms with E-state index in [9.17, 15) is 4.79 Å². The second-order valence-corrected chi connectivity index (χ2v) is 4.51. The number of nitrogens with zero attached hydrogens (tertiary/aromatic N) is 2. The molecular weight excluding hydrogens is 266 g/mol. The van der Waals surface area contributed by atoms with Gasteiger partial charge >= 0.3 is 0 Å². The van der Waals surface area contributed by atoms with Gasteiger partial charge in [0.05, 0.1) is 17.6 Å². The van der Waals surface area contributed by atoms with Crippen molar-refractivity contribution in [2.24, 2.45) is 0 Å². The number of rotatable bonds is 4. The zero-order chi connectivity index (χ0) is 14.7. The summed E-state index contributed by atoms with van der Waals surface area (Å²) in [6.07, 6.45) is 1.59. The van der Waals surface area contributed by atoms with Crippen molar-refractivity contribution in [3.8, 4) is 5.75 Å². The van der Waals surface area contributed by atoms with E-state index in [1.807, 2.05) is 37.3 Å². The summed E-state index contributed by atoms with van der Waals surface area (Å²) in [5, 5.41) is 0. The van der Waals surface area contributed by atoms with E-state index in [2.05, 4.69) is 10.4 Å². The molecule has 5 heteroatoms. The summed E-state index contributed by atoms with van der Waals surface area (Å²) in [5.74, 6) is 0.473. The van der Waals surface area contributed by atoms with Crippen LogP contribution in [0.25, 0.3) is 11.0 Å². The number of amides is 1. The minimum Gasteiger partial charge on any atom is -0.494 e. The highest BCUT2D eigenvalue weighted by Gasteiger charge is 2.09. The second-order valence-electron chi connectivity index (χ2n) is 4.51. The van der Waals surface area contributed by atoms with Crippen LogP contribution in [0.4, 0.5) is 0 Å². The van der Waals surface area contributed by atoms with Crippen molar-refractivity contribution < 1.29 is 9.53 Å². The number of aromatic nitrogens is 2. The molecule has 0 atom stereocenters. The third-order valence-corrected chi connectivity index (χ3v) is 3.08. The molecule has 1 amide bonds. The fourth-order valence-corrected chi connectivity index (χ4v) is 2.12. The third kappa shape index (κ3) is 2.72. The third-order valence-electron chi connectivity index (χ3n) is 3.08. The monoisotopic (exact) mass is 281 g/mol. The van der Waals surface area contributed by atoms with Crippen LogP contribution in [0.3, 0.4) is 0 Å². The molecule has 0 radical (unpaired) electrons. The Morgan fingerprint density at radius 3 is 2.95 bits per heavy atom. The van der Waals surface area contributed by atoms with Gasteiger partial charge < -0.3 is 4.74 Å². The Hall–Kier alpha value is -2.82. The summed E-state index contributed by atoms with van der Waals surface area (Å²) >= 11 is 0. The fourth-order valence-electron chi connectivity index (χ4n) is 2.12. The van der Waals surface area contributed by atoms with Gasteiger partial charge in [0, 0.05) is 5.56 Å². The van der Waals surface area contributed by atoms with E-state index in [0.29, 0.717) is 17.9 Å². The number of imidazole rings is 1. The molecule has 1 N–H and O–H groups in total. The quantitative estimate of drug-likeness (QED) is 0.800. The molecule has 2 aromatic carbocycles. The summed E-state index contributed by atoms with van der Waals surface area (Å²) in [4.78, 5) is 16.5. The van der Waals surface area contributed by atoms with E-state index >= 15 is 0 Å². The minimum absolute atomic E-state index is 0.209. The first kappa shape index (κ1) is 13.2. The Bertz CT molecular complexity index is 780. The summed E-state index contributed by atoms with van der Waals surface area (Å²) < 4.78 is 7.02. The van der Waals surface area contributed by atoms with E-state index in [1.54, 1.807) is 29.2 Å². The topological polar surface area (TPSA) is 56.1 Å². The van der Waals surface area contributed by atoms with Crippen molar-refractivity contribution in [1.82, 2.24) is 9.66 Å². The first-order valence-corrected chi connectivity index (χ1v) is 6.74. The molecule has 0 unspecified atom stereocenters. The van der Waals surface area contributed by atoms with Crippen LogP contribution < -0.4 is 10.2 Å². The smallest absolute Gasteiger partial charge is 0.270 e. The Morgan fingerprint density at radius 1 is 1.24 bits per heavy atom. The average Bonchev–Trinajstić information content (AvgIpc) is 2.91. The number of hydrogen-bond acceptors (Lipinski definition) is 3. The molecule has 0 fully saturated rings.